The highest BCUT2D eigenvalue weighted by Gasteiger charge is 2.23. The zero-order valence-electron chi connectivity index (χ0n) is 17.4. The van der Waals surface area contributed by atoms with Crippen molar-refractivity contribution < 1.29 is 17.6 Å². The number of imidazole rings is 1. The van der Waals surface area contributed by atoms with Crippen molar-refractivity contribution in [3.8, 4) is 11.4 Å². The minimum absolute atomic E-state index is 0.0112. The molecule has 6 heteroatoms. The fraction of sp³-hybridized carbons (Fsp3) is 0.292. The molecule has 0 saturated heterocycles. The van der Waals surface area contributed by atoms with Crippen LogP contribution in [0.25, 0.3) is 23.5 Å². The number of fused-ring (bicyclic) bond motifs is 1. The summed E-state index contributed by atoms with van der Waals surface area (Å²) in [6.07, 6.45) is 3.84. The zero-order chi connectivity index (χ0) is 22.0. The molecule has 2 unspecified atom stereocenters. The van der Waals surface area contributed by atoms with E-state index in [2.05, 4.69) is 4.98 Å². The van der Waals surface area contributed by atoms with Gasteiger partial charge in [0.15, 0.2) is 0 Å². The van der Waals surface area contributed by atoms with Crippen molar-refractivity contribution in [1.29, 1.82) is 0 Å². The summed E-state index contributed by atoms with van der Waals surface area (Å²) in [6, 6.07) is 7.13. The van der Waals surface area contributed by atoms with E-state index in [1.165, 1.54) is 16.7 Å². The van der Waals surface area contributed by atoms with Crippen molar-refractivity contribution in [2.24, 2.45) is 11.8 Å². The summed E-state index contributed by atoms with van der Waals surface area (Å²) in [5, 5.41) is 1.16. The highest BCUT2D eigenvalue weighted by molar-refractivity contribution is 5.59. The average Bonchev–Trinajstić information content (AvgIpc) is 3.03. The molecule has 1 aliphatic carbocycles. The maximum atomic E-state index is 14.5. The second-order valence-corrected chi connectivity index (χ2v) is 7.14. The number of aromatic nitrogens is 2. The average molecular weight is 416 g/mol. The minimum Gasteiger partial charge on any atom is -0.319 e. The molecule has 1 aromatic heterocycles. The summed E-state index contributed by atoms with van der Waals surface area (Å²) in [5.41, 5.74) is -0.490. The predicted octanol–water partition coefficient (Wildman–Crippen LogP) is 5.03. The van der Waals surface area contributed by atoms with Crippen LogP contribution in [0.2, 0.25) is 0 Å². The van der Waals surface area contributed by atoms with E-state index in [0.717, 1.165) is 24.3 Å². The molecule has 1 heterocycles. The van der Waals surface area contributed by atoms with Gasteiger partial charge in [-0.2, -0.15) is 0 Å². The molecular weight excluding hydrogens is 392 g/mol. The molecule has 3 aromatic rings. The van der Waals surface area contributed by atoms with Gasteiger partial charge < -0.3 is 4.57 Å². The second-order valence-electron chi connectivity index (χ2n) is 7.14. The van der Waals surface area contributed by atoms with Gasteiger partial charge in [-0.3, -0.25) is 0 Å². The zero-order valence-corrected chi connectivity index (χ0v) is 17.4. The third-order valence-corrected chi connectivity index (χ3v) is 5.27. The van der Waals surface area contributed by atoms with Crippen molar-refractivity contribution in [3.63, 3.8) is 0 Å². The van der Waals surface area contributed by atoms with Gasteiger partial charge in [0.05, 0.1) is 22.8 Å². The fourth-order valence-corrected chi connectivity index (χ4v) is 3.49. The van der Waals surface area contributed by atoms with E-state index >= 15 is 0 Å². The van der Waals surface area contributed by atoms with Gasteiger partial charge in [0.2, 0.25) is 0 Å². The third kappa shape index (κ3) is 3.91. The Balaban J connectivity index is 0.00000124. The lowest BCUT2D eigenvalue weighted by molar-refractivity contribution is 0.540. The molecule has 2 aromatic carbocycles. The number of hydrogen-bond donors (Lipinski definition) is 0. The molecule has 158 valence electrons. The number of nitrogens with zero attached hydrogens (tertiary/aromatic N) is 2. The molecule has 4 rings (SSSR count). The van der Waals surface area contributed by atoms with Crippen LogP contribution in [0.4, 0.5) is 17.6 Å². The number of hydrogen-bond acceptors (Lipinski definition) is 1. The van der Waals surface area contributed by atoms with E-state index < -0.39 is 23.3 Å². The summed E-state index contributed by atoms with van der Waals surface area (Å²) in [4.78, 5) is 4.43. The minimum atomic E-state index is -0.779. The fourth-order valence-electron chi connectivity index (χ4n) is 3.49. The van der Waals surface area contributed by atoms with Gasteiger partial charge in [0.1, 0.15) is 29.1 Å². The molecule has 0 N–H and O–H groups in total. The molecule has 0 spiro atoms. The van der Waals surface area contributed by atoms with Crippen LogP contribution in [0.15, 0.2) is 36.4 Å². The van der Waals surface area contributed by atoms with Crippen LogP contribution >= 0.6 is 0 Å². The Bertz CT molecular complexity index is 1140. The first-order valence-corrected chi connectivity index (χ1v) is 10.0. The van der Waals surface area contributed by atoms with E-state index in [-0.39, 0.29) is 35.3 Å². The van der Waals surface area contributed by atoms with Gasteiger partial charge in [-0.1, -0.05) is 52.0 Å². The molecule has 2 atom stereocenters. The monoisotopic (exact) mass is 416 g/mol. The van der Waals surface area contributed by atoms with Crippen LogP contribution in [0.1, 0.15) is 33.3 Å². The van der Waals surface area contributed by atoms with E-state index in [0.29, 0.717) is 10.7 Å². The van der Waals surface area contributed by atoms with E-state index in [1.807, 2.05) is 39.8 Å². The first-order valence-electron chi connectivity index (χ1n) is 10.0. The van der Waals surface area contributed by atoms with Crippen molar-refractivity contribution in [2.45, 2.75) is 34.2 Å². The normalized spacial score (nSPS) is 17.3. The van der Waals surface area contributed by atoms with Crippen LogP contribution in [0.3, 0.4) is 0 Å². The summed E-state index contributed by atoms with van der Waals surface area (Å²) in [5.74, 6) is -2.66. The lowest BCUT2D eigenvalue weighted by atomic mass is 9.92. The lowest BCUT2D eigenvalue weighted by Crippen LogP contribution is -2.36. The summed E-state index contributed by atoms with van der Waals surface area (Å²) in [6.45, 7) is 7.80. The third-order valence-electron chi connectivity index (χ3n) is 5.27. The Morgan fingerprint density at radius 3 is 1.87 bits per heavy atom. The molecular formula is C24H24F4N2. The molecule has 30 heavy (non-hydrogen) atoms. The van der Waals surface area contributed by atoms with Crippen molar-refractivity contribution >= 4 is 12.2 Å². The van der Waals surface area contributed by atoms with E-state index in [4.69, 9.17) is 0 Å². The highest BCUT2D eigenvalue weighted by Crippen LogP contribution is 2.25. The Morgan fingerprint density at radius 2 is 1.30 bits per heavy atom. The molecule has 0 saturated carbocycles. The van der Waals surface area contributed by atoms with E-state index in [9.17, 15) is 17.6 Å². The number of halogens is 4. The maximum absolute atomic E-state index is 14.5. The second kappa shape index (κ2) is 8.86. The summed E-state index contributed by atoms with van der Waals surface area (Å²) < 4.78 is 59.0. The van der Waals surface area contributed by atoms with Gasteiger partial charge in [-0.05, 0) is 36.1 Å². The Morgan fingerprint density at radius 1 is 0.800 bits per heavy atom. The summed E-state index contributed by atoms with van der Waals surface area (Å²) in [7, 11) is 0. The number of rotatable bonds is 3. The first kappa shape index (κ1) is 21.8. The topological polar surface area (TPSA) is 17.8 Å². The molecule has 1 aliphatic rings. The molecule has 2 nitrogen and oxygen atoms in total. The van der Waals surface area contributed by atoms with E-state index in [1.54, 1.807) is 0 Å². The van der Waals surface area contributed by atoms with Crippen molar-refractivity contribution in [2.75, 3.05) is 0 Å². The van der Waals surface area contributed by atoms with Gasteiger partial charge in [0, 0.05) is 5.56 Å². The van der Waals surface area contributed by atoms with Gasteiger partial charge in [0.25, 0.3) is 0 Å². The van der Waals surface area contributed by atoms with Crippen LogP contribution in [-0.2, 0) is 6.54 Å². The SMILES string of the molecule is CC.CC1C=c2nc(-c3c(F)cccc3F)n(Cc3c(F)cccc3F)c2=CC1C. The van der Waals surface area contributed by atoms with Crippen LogP contribution in [0.5, 0.6) is 0 Å². The lowest BCUT2D eigenvalue weighted by Gasteiger charge is -2.16. The van der Waals surface area contributed by atoms with Gasteiger partial charge in [-0.25, -0.2) is 22.5 Å². The highest BCUT2D eigenvalue weighted by atomic mass is 19.1. The Kier molecular flexibility index (Phi) is 6.44. The van der Waals surface area contributed by atoms with Gasteiger partial charge >= 0.3 is 0 Å². The Hall–Kier alpha value is -2.89. The summed E-state index contributed by atoms with van der Waals surface area (Å²) >= 11 is 0. The maximum Gasteiger partial charge on any atom is 0.147 e. The molecule has 0 radical (unpaired) electrons. The van der Waals surface area contributed by atoms with Crippen LogP contribution in [0, 0.1) is 35.1 Å². The quantitative estimate of drug-likeness (QED) is 0.548. The molecule has 0 bridgehead atoms. The van der Waals surface area contributed by atoms with Crippen molar-refractivity contribution in [1.82, 2.24) is 9.55 Å². The first-order chi connectivity index (χ1) is 14.4. The smallest absolute Gasteiger partial charge is 0.147 e. The molecule has 0 aliphatic heterocycles. The van der Waals surface area contributed by atoms with Gasteiger partial charge in [-0.15, -0.1) is 0 Å². The Labute approximate surface area is 173 Å². The van der Waals surface area contributed by atoms with Crippen molar-refractivity contribution in [3.05, 3.63) is 75.9 Å². The van der Waals surface area contributed by atoms with Crippen LogP contribution in [-0.4, -0.2) is 9.55 Å². The molecule has 0 amide bonds. The predicted molar refractivity (Wildman–Crippen MR) is 111 cm³/mol. The van der Waals surface area contributed by atoms with Crippen LogP contribution < -0.4 is 10.7 Å². The number of benzene rings is 2. The molecule has 0 fully saturated rings. The standard InChI is InChI=1S/C22H18F4N2.C2H6/c1-12-9-19-20(10-13(12)2)28(11-14-15(23)5-3-6-16(14)24)22(27-19)21-17(25)7-4-8-18(21)26;1-2/h3-10,12-13H,11H2,1-2H3;1-2H3. The largest absolute Gasteiger partial charge is 0.319 e.